The van der Waals surface area contributed by atoms with Crippen LogP contribution < -0.4 is 10.1 Å². The van der Waals surface area contributed by atoms with Crippen LogP contribution >= 0.6 is 24.0 Å². The van der Waals surface area contributed by atoms with Gasteiger partial charge in [-0.2, -0.15) is 13.9 Å². The summed E-state index contributed by atoms with van der Waals surface area (Å²) in [7, 11) is 3.64. The van der Waals surface area contributed by atoms with Crippen molar-refractivity contribution in [3.05, 3.63) is 77.9 Å². The van der Waals surface area contributed by atoms with Gasteiger partial charge < -0.3 is 15.0 Å². The first-order valence-electron chi connectivity index (χ1n) is 9.39. The Kier molecular flexibility index (Phi) is 9.63. The van der Waals surface area contributed by atoms with Crippen molar-refractivity contribution < 1.29 is 13.5 Å². The number of aliphatic imine (C=N–C) groups is 1. The zero-order chi connectivity index (χ0) is 21.3. The molecule has 1 heterocycles. The molecule has 0 fully saturated rings. The Balaban J connectivity index is 0.00000341. The van der Waals surface area contributed by atoms with Gasteiger partial charge >= 0.3 is 6.61 Å². The fraction of sp³-hybridized carbons (Fsp3) is 0.286. The van der Waals surface area contributed by atoms with E-state index in [1.165, 1.54) is 18.5 Å². The van der Waals surface area contributed by atoms with Gasteiger partial charge in [0.1, 0.15) is 18.4 Å². The molecule has 3 aromatic rings. The molecule has 0 bridgehead atoms. The second kappa shape index (κ2) is 12.2. The largest absolute Gasteiger partial charge is 0.435 e. The Morgan fingerprint density at radius 2 is 1.90 bits per heavy atom. The number of nitrogens with zero attached hydrogens (tertiary/aromatic N) is 5. The van der Waals surface area contributed by atoms with Crippen molar-refractivity contribution in [1.82, 2.24) is 25.0 Å². The minimum absolute atomic E-state index is 0. The van der Waals surface area contributed by atoms with E-state index >= 15 is 0 Å². The first-order chi connectivity index (χ1) is 14.5. The van der Waals surface area contributed by atoms with Gasteiger partial charge in [0.05, 0.1) is 6.54 Å². The zero-order valence-electron chi connectivity index (χ0n) is 17.3. The summed E-state index contributed by atoms with van der Waals surface area (Å²) in [6, 6.07) is 14.8. The van der Waals surface area contributed by atoms with Crippen molar-refractivity contribution in [1.29, 1.82) is 0 Å². The van der Waals surface area contributed by atoms with E-state index in [1.54, 1.807) is 30.2 Å². The topological polar surface area (TPSA) is 67.6 Å². The lowest BCUT2D eigenvalue weighted by Crippen LogP contribution is -2.38. The molecule has 31 heavy (non-hydrogen) atoms. The Bertz CT molecular complexity index is 951. The van der Waals surface area contributed by atoms with Gasteiger partial charge in [-0.05, 0) is 28.8 Å². The van der Waals surface area contributed by atoms with Crippen LogP contribution in [0.2, 0.25) is 0 Å². The summed E-state index contributed by atoms with van der Waals surface area (Å²) in [5.41, 5.74) is 3.21. The van der Waals surface area contributed by atoms with Crippen LogP contribution in [0.1, 0.15) is 16.7 Å². The maximum absolute atomic E-state index is 12.3. The van der Waals surface area contributed by atoms with Crippen molar-refractivity contribution >= 4 is 29.9 Å². The van der Waals surface area contributed by atoms with Crippen molar-refractivity contribution in [2.75, 3.05) is 14.1 Å². The van der Waals surface area contributed by atoms with Gasteiger partial charge in [0.15, 0.2) is 5.96 Å². The Hall–Kier alpha value is -2.76. The molecule has 2 aromatic carbocycles. The second-order valence-electron chi connectivity index (χ2n) is 6.69. The number of guanidine groups is 1. The molecule has 0 aliphatic rings. The molecular weight excluding hydrogens is 517 g/mol. The molecule has 0 amide bonds. The number of hydrogen-bond donors (Lipinski definition) is 1. The number of rotatable bonds is 8. The molecule has 0 unspecified atom stereocenters. The smallest absolute Gasteiger partial charge is 0.387 e. The number of ether oxygens (including phenoxy) is 1. The van der Waals surface area contributed by atoms with E-state index in [-0.39, 0.29) is 29.7 Å². The summed E-state index contributed by atoms with van der Waals surface area (Å²) in [6.07, 6.45) is 3.21. The summed E-state index contributed by atoms with van der Waals surface area (Å²) >= 11 is 0. The lowest BCUT2D eigenvalue weighted by Gasteiger charge is -2.22. The summed E-state index contributed by atoms with van der Waals surface area (Å²) < 4.78 is 30.7. The van der Waals surface area contributed by atoms with E-state index in [1.807, 2.05) is 30.1 Å². The summed E-state index contributed by atoms with van der Waals surface area (Å²) in [5.74, 6) is 0.870. The molecule has 166 valence electrons. The molecule has 0 radical (unpaired) electrons. The highest BCUT2D eigenvalue weighted by Crippen LogP contribution is 2.16. The predicted octanol–water partition coefficient (Wildman–Crippen LogP) is 3.75. The van der Waals surface area contributed by atoms with Gasteiger partial charge in [0.2, 0.25) is 0 Å². The van der Waals surface area contributed by atoms with Gasteiger partial charge in [-0.1, -0.05) is 36.4 Å². The van der Waals surface area contributed by atoms with Crippen LogP contribution in [0, 0.1) is 0 Å². The van der Waals surface area contributed by atoms with Crippen LogP contribution in [0.5, 0.6) is 5.75 Å². The maximum Gasteiger partial charge on any atom is 0.387 e. The molecule has 0 aliphatic heterocycles. The third-order valence-corrected chi connectivity index (χ3v) is 4.39. The van der Waals surface area contributed by atoms with Crippen LogP contribution in [-0.2, 0) is 19.6 Å². The summed E-state index contributed by atoms with van der Waals surface area (Å²) in [5, 5.41) is 7.48. The van der Waals surface area contributed by atoms with E-state index in [0.29, 0.717) is 19.6 Å². The third kappa shape index (κ3) is 7.78. The number of hydrogen-bond acceptors (Lipinski definition) is 4. The lowest BCUT2D eigenvalue weighted by molar-refractivity contribution is -0.0498. The number of alkyl halides is 2. The number of halogens is 3. The van der Waals surface area contributed by atoms with Crippen LogP contribution in [0.15, 0.2) is 66.2 Å². The normalized spacial score (nSPS) is 11.2. The van der Waals surface area contributed by atoms with Crippen molar-refractivity contribution in [2.24, 2.45) is 4.99 Å². The van der Waals surface area contributed by atoms with E-state index in [4.69, 9.17) is 0 Å². The third-order valence-electron chi connectivity index (χ3n) is 4.39. The molecule has 1 N–H and O–H groups in total. The van der Waals surface area contributed by atoms with Crippen molar-refractivity contribution in [2.45, 2.75) is 26.2 Å². The van der Waals surface area contributed by atoms with Gasteiger partial charge in [-0.3, -0.25) is 4.99 Å². The monoisotopic (exact) mass is 542 g/mol. The van der Waals surface area contributed by atoms with Gasteiger partial charge in [-0.15, -0.1) is 24.0 Å². The van der Waals surface area contributed by atoms with Gasteiger partial charge in [0, 0.05) is 27.2 Å². The second-order valence-corrected chi connectivity index (χ2v) is 6.69. The average Bonchev–Trinajstić information content (AvgIpc) is 3.23. The highest BCUT2D eigenvalue weighted by Gasteiger charge is 2.09. The van der Waals surface area contributed by atoms with E-state index < -0.39 is 6.61 Å². The SMILES string of the molecule is CN=C(NCc1cccc(Cn2cncn2)c1)N(C)Cc1ccc(OC(F)F)cc1.I. The molecule has 0 saturated carbocycles. The average molecular weight is 542 g/mol. The molecule has 10 heteroatoms. The molecule has 0 aliphatic carbocycles. The molecule has 0 saturated heterocycles. The van der Waals surface area contributed by atoms with Crippen LogP contribution in [0.25, 0.3) is 0 Å². The highest BCUT2D eigenvalue weighted by molar-refractivity contribution is 14.0. The highest BCUT2D eigenvalue weighted by atomic mass is 127. The first kappa shape index (κ1) is 24.5. The van der Waals surface area contributed by atoms with Crippen molar-refractivity contribution in [3.8, 4) is 5.75 Å². The number of nitrogens with one attached hydrogen (secondary N) is 1. The van der Waals surface area contributed by atoms with Crippen LogP contribution in [0.4, 0.5) is 8.78 Å². The molecule has 7 nitrogen and oxygen atoms in total. The lowest BCUT2D eigenvalue weighted by atomic mass is 10.1. The first-order valence-corrected chi connectivity index (χ1v) is 9.39. The molecule has 0 spiro atoms. The van der Waals surface area contributed by atoms with E-state index in [2.05, 4.69) is 31.2 Å². The summed E-state index contributed by atoms with van der Waals surface area (Å²) in [4.78, 5) is 10.2. The molecule has 3 rings (SSSR count). The Morgan fingerprint density at radius 1 is 1.16 bits per heavy atom. The standard InChI is InChI=1S/C21H24F2N6O.HI/c1-24-21(28(2)12-16-6-8-19(9-7-16)30-20(22)23)26-11-17-4-3-5-18(10-17)13-29-15-25-14-27-29;/h3-10,14-15,20H,11-13H2,1-2H3,(H,24,26);1H. The fourth-order valence-corrected chi connectivity index (χ4v) is 3.03. The minimum atomic E-state index is -2.82. The minimum Gasteiger partial charge on any atom is -0.435 e. The molecular formula is C21H25F2IN6O. The summed E-state index contributed by atoms with van der Waals surface area (Å²) in [6.45, 7) is -0.978. The van der Waals surface area contributed by atoms with Gasteiger partial charge in [-0.25, -0.2) is 9.67 Å². The maximum atomic E-state index is 12.3. The fourth-order valence-electron chi connectivity index (χ4n) is 3.03. The van der Waals surface area contributed by atoms with E-state index in [9.17, 15) is 8.78 Å². The zero-order valence-corrected chi connectivity index (χ0v) is 19.6. The predicted molar refractivity (Wildman–Crippen MR) is 126 cm³/mol. The number of benzene rings is 2. The Morgan fingerprint density at radius 3 is 2.55 bits per heavy atom. The molecule has 1 aromatic heterocycles. The quantitative estimate of drug-likeness (QED) is 0.267. The van der Waals surface area contributed by atoms with E-state index in [0.717, 1.165) is 22.6 Å². The van der Waals surface area contributed by atoms with Gasteiger partial charge in [0.25, 0.3) is 0 Å². The van der Waals surface area contributed by atoms with Crippen LogP contribution in [0.3, 0.4) is 0 Å². The molecule has 0 atom stereocenters. The van der Waals surface area contributed by atoms with Crippen LogP contribution in [-0.4, -0.2) is 46.3 Å². The number of aromatic nitrogens is 3. The Labute approximate surface area is 197 Å². The van der Waals surface area contributed by atoms with Crippen molar-refractivity contribution in [3.63, 3.8) is 0 Å².